The van der Waals surface area contributed by atoms with Crippen LogP contribution in [0.15, 0.2) is 23.7 Å². The molecule has 2 aromatic rings. The highest BCUT2D eigenvalue weighted by atomic mass is 32.1. The summed E-state index contributed by atoms with van der Waals surface area (Å²) in [6.45, 7) is 9.28. The first-order valence-corrected chi connectivity index (χ1v) is 16.2. The summed E-state index contributed by atoms with van der Waals surface area (Å²) in [7, 11) is 0. The van der Waals surface area contributed by atoms with Gasteiger partial charge in [0.05, 0.1) is 41.8 Å². The van der Waals surface area contributed by atoms with E-state index in [0.717, 1.165) is 16.1 Å². The van der Waals surface area contributed by atoms with Crippen molar-refractivity contribution in [1.82, 2.24) is 20.5 Å². The zero-order valence-corrected chi connectivity index (χ0v) is 27.3. The number of nitrogens with one attached hydrogen (secondary N) is 2. The van der Waals surface area contributed by atoms with Gasteiger partial charge in [-0.1, -0.05) is 32.9 Å². The minimum absolute atomic E-state index is 0.0673. The topological polar surface area (TPSA) is 147 Å². The molecule has 0 spiro atoms. The maximum atomic E-state index is 14.4. The number of hydrogen-bond donors (Lipinski definition) is 3. The number of carbonyl (C=O) groups is 4. The maximum absolute atomic E-state index is 14.4. The van der Waals surface area contributed by atoms with Crippen LogP contribution in [-0.4, -0.2) is 76.5 Å². The second-order valence-corrected chi connectivity index (χ2v) is 13.6. The molecule has 4 rings (SSSR count). The van der Waals surface area contributed by atoms with Crippen LogP contribution in [-0.2, 0) is 30.3 Å². The molecule has 246 valence electrons. The number of rotatable bonds is 13. The van der Waals surface area contributed by atoms with Crippen LogP contribution in [0.25, 0.3) is 10.4 Å². The Balaban J connectivity index is 1.48. The Morgan fingerprint density at radius 2 is 1.98 bits per heavy atom. The molecule has 13 heteroatoms. The van der Waals surface area contributed by atoms with Crippen LogP contribution < -0.4 is 15.4 Å². The fraction of sp³-hybridized carbons (Fsp3) is 0.594. The third-order valence-corrected chi connectivity index (χ3v) is 8.79. The van der Waals surface area contributed by atoms with Crippen LogP contribution >= 0.6 is 11.3 Å². The number of aryl methyl sites for hydroxylation is 1. The van der Waals surface area contributed by atoms with Gasteiger partial charge in [-0.05, 0) is 37.3 Å². The molecule has 0 bridgehead atoms. The number of aliphatic hydroxyl groups is 1. The summed E-state index contributed by atoms with van der Waals surface area (Å²) >= 11 is 1.49. The number of aliphatic hydroxyl groups excluding tert-OH is 1. The number of carbonyl (C=O) groups excluding carboxylic acids is 4. The molecule has 0 radical (unpaired) electrons. The van der Waals surface area contributed by atoms with E-state index in [1.807, 2.05) is 19.1 Å². The van der Waals surface area contributed by atoms with E-state index in [1.165, 1.54) is 16.2 Å². The van der Waals surface area contributed by atoms with Gasteiger partial charge in [-0.2, -0.15) is 0 Å². The highest BCUT2D eigenvalue weighted by molar-refractivity contribution is 7.13. The van der Waals surface area contributed by atoms with Crippen LogP contribution in [0.2, 0.25) is 0 Å². The molecule has 2 fully saturated rings. The van der Waals surface area contributed by atoms with E-state index in [1.54, 1.807) is 39.3 Å². The number of benzene rings is 1. The van der Waals surface area contributed by atoms with E-state index in [2.05, 4.69) is 15.6 Å². The van der Waals surface area contributed by atoms with Crippen molar-refractivity contribution in [3.63, 3.8) is 0 Å². The predicted octanol–water partition coefficient (Wildman–Crippen LogP) is 3.66. The molecule has 3 N–H and O–H groups in total. The molecule has 45 heavy (non-hydrogen) atoms. The molecule has 1 aromatic carbocycles. The SMILES string of the molecule is CCOC(=O)CCCOc1cc(-c2scnc2C)ccc1CC(=O)N[C@@H]1C[C@@H](O)CN1C(=O)[C@H](C(=O)NC1(F)CC1)C(C)(C)C. The molecule has 1 saturated heterocycles. The van der Waals surface area contributed by atoms with Gasteiger partial charge in [-0.3, -0.25) is 19.2 Å². The number of likely N-dealkylation sites (tertiary alicyclic amines) is 1. The van der Waals surface area contributed by atoms with Crippen LogP contribution in [0.4, 0.5) is 4.39 Å². The predicted molar refractivity (Wildman–Crippen MR) is 166 cm³/mol. The van der Waals surface area contributed by atoms with E-state index < -0.39 is 47.1 Å². The number of ether oxygens (including phenoxy) is 2. The molecule has 11 nitrogen and oxygen atoms in total. The molecule has 1 aromatic heterocycles. The number of nitrogens with zero attached hydrogens (tertiary/aromatic N) is 2. The highest BCUT2D eigenvalue weighted by Gasteiger charge is 2.50. The average molecular weight is 647 g/mol. The van der Waals surface area contributed by atoms with Crippen molar-refractivity contribution in [3.8, 4) is 16.2 Å². The van der Waals surface area contributed by atoms with Gasteiger partial charge in [-0.25, -0.2) is 9.37 Å². The van der Waals surface area contributed by atoms with Crippen molar-refractivity contribution in [1.29, 1.82) is 0 Å². The number of amides is 3. The summed E-state index contributed by atoms with van der Waals surface area (Å²) in [4.78, 5) is 58.5. The van der Waals surface area contributed by atoms with Gasteiger partial charge in [0.1, 0.15) is 17.8 Å². The third kappa shape index (κ3) is 9.00. The minimum atomic E-state index is -1.79. The number of thiazole rings is 1. The summed E-state index contributed by atoms with van der Waals surface area (Å²) in [5.74, 6) is -4.54. The minimum Gasteiger partial charge on any atom is -0.493 e. The van der Waals surface area contributed by atoms with Gasteiger partial charge in [0.15, 0.2) is 5.79 Å². The average Bonchev–Trinajstić information content (AvgIpc) is 3.31. The van der Waals surface area contributed by atoms with Crippen molar-refractivity contribution >= 4 is 35.0 Å². The van der Waals surface area contributed by atoms with Crippen LogP contribution in [0.1, 0.15) is 71.1 Å². The van der Waals surface area contributed by atoms with Gasteiger partial charge in [-0.15, -0.1) is 11.3 Å². The molecular weight excluding hydrogens is 603 g/mol. The van der Waals surface area contributed by atoms with Crippen LogP contribution in [0.5, 0.6) is 5.75 Å². The molecular formula is C32H43FN4O7S. The number of β-amino-alcohol motifs (C(OH)–C–C–N with tert-alkyl or cyclic N) is 1. The summed E-state index contributed by atoms with van der Waals surface area (Å²) in [5, 5.41) is 15.7. The standard InChI is InChI=1S/C32H43FN4O7S/c1-6-43-26(40)8-7-13-44-23-14-21(28-19(2)34-18-45-28)10-9-20(23)15-25(39)35-24-16-22(38)17-37(24)30(42)27(31(3,4)5)29(41)36-32(33)11-12-32/h9-10,14,18,22,24,27,38H,6-8,11-13,15-17H2,1-5H3,(H,35,39)(H,36,41)/t22-,24+,27+/m1/s1. The van der Waals surface area contributed by atoms with Gasteiger partial charge >= 0.3 is 5.97 Å². The fourth-order valence-electron chi connectivity index (χ4n) is 5.36. The summed E-state index contributed by atoms with van der Waals surface area (Å²) < 4.78 is 25.4. The lowest BCUT2D eigenvalue weighted by Crippen LogP contribution is -2.55. The molecule has 1 aliphatic heterocycles. The van der Waals surface area contributed by atoms with Crippen molar-refractivity contribution in [3.05, 3.63) is 35.0 Å². The Labute approximate surface area is 266 Å². The van der Waals surface area contributed by atoms with Gasteiger partial charge < -0.3 is 30.1 Å². The summed E-state index contributed by atoms with van der Waals surface area (Å²) in [5.41, 5.74) is 3.25. The lowest BCUT2D eigenvalue weighted by Gasteiger charge is -2.34. The maximum Gasteiger partial charge on any atom is 0.305 e. The Hall–Kier alpha value is -3.58. The smallest absolute Gasteiger partial charge is 0.305 e. The number of aromatic nitrogens is 1. The Morgan fingerprint density at radius 1 is 1.24 bits per heavy atom. The van der Waals surface area contributed by atoms with Gasteiger partial charge in [0.25, 0.3) is 0 Å². The molecule has 2 heterocycles. The van der Waals surface area contributed by atoms with E-state index in [-0.39, 0.29) is 51.2 Å². The zero-order chi connectivity index (χ0) is 32.9. The molecule has 1 saturated carbocycles. The first-order chi connectivity index (χ1) is 21.2. The van der Waals surface area contributed by atoms with Crippen molar-refractivity contribution in [2.75, 3.05) is 19.8 Å². The normalized spacial score (nSPS) is 19.5. The fourth-order valence-corrected chi connectivity index (χ4v) is 6.16. The first kappa shape index (κ1) is 34.3. The van der Waals surface area contributed by atoms with Crippen LogP contribution in [0.3, 0.4) is 0 Å². The van der Waals surface area contributed by atoms with Crippen molar-refractivity contribution < 1.29 is 38.1 Å². The Morgan fingerprint density at radius 3 is 2.60 bits per heavy atom. The molecule has 3 amide bonds. The van der Waals surface area contributed by atoms with Crippen LogP contribution in [0, 0.1) is 18.3 Å². The number of hydrogen-bond acceptors (Lipinski definition) is 9. The second-order valence-electron chi connectivity index (χ2n) is 12.7. The third-order valence-electron chi connectivity index (χ3n) is 7.82. The zero-order valence-electron chi connectivity index (χ0n) is 26.5. The highest BCUT2D eigenvalue weighted by Crippen LogP contribution is 2.39. The monoisotopic (exact) mass is 646 g/mol. The van der Waals surface area contributed by atoms with E-state index >= 15 is 0 Å². The Kier molecular flexibility index (Phi) is 10.9. The number of halogens is 1. The summed E-state index contributed by atoms with van der Waals surface area (Å²) in [6, 6.07) is 5.52. The van der Waals surface area contributed by atoms with E-state index in [9.17, 15) is 28.7 Å². The van der Waals surface area contributed by atoms with E-state index in [4.69, 9.17) is 9.47 Å². The summed E-state index contributed by atoms with van der Waals surface area (Å²) in [6.07, 6.45) is -0.728. The van der Waals surface area contributed by atoms with Crippen molar-refractivity contribution in [2.24, 2.45) is 11.3 Å². The lowest BCUT2D eigenvalue weighted by molar-refractivity contribution is -0.149. The van der Waals surface area contributed by atoms with Gasteiger partial charge in [0, 0.05) is 37.8 Å². The quantitative estimate of drug-likeness (QED) is 0.129. The van der Waals surface area contributed by atoms with Gasteiger partial charge in [0.2, 0.25) is 17.7 Å². The molecule has 1 aliphatic carbocycles. The molecule has 2 aliphatic rings. The number of esters is 1. The first-order valence-electron chi connectivity index (χ1n) is 15.3. The largest absolute Gasteiger partial charge is 0.493 e. The van der Waals surface area contributed by atoms with Crippen molar-refractivity contribution in [2.45, 2.75) is 91.2 Å². The Bertz CT molecular complexity index is 1400. The molecule has 0 unspecified atom stereocenters. The second kappa shape index (κ2) is 14.2. The lowest BCUT2D eigenvalue weighted by atomic mass is 9.79. The van der Waals surface area contributed by atoms with E-state index in [0.29, 0.717) is 24.3 Å². The molecule has 3 atom stereocenters. The number of alkyl halides is 1.